The van der Waals surface area contributed by atoms with Crippen molar-refractivity contribution in [2.45, 2.75) is 31.2 Å². The number of nitrogens with zero attached hydrogens (tertiary/aromatic N) is 2. The molecule has 0 saturated heterocycles. The maximum absolute atomic E-state index is 6.46. The molecule has 1 saturated carbocycles. The summed E-state index contributed by atoms with van der Waals surface area (Å²) in [5.41, 5.74) is 8.49. The molecule has 1 aromatic heterocycles. The number of para-hydroxylation sites is 2. The molecule has 1 fully saturated rings. The Morgan fingerprint density at radius 1 is 1.25 bits per heavy atom. The zero-order valence-electron chi connectivity index (χ0n) is 9.61. The van der Waals surface area contributed by atoms with Crippen molar-refractivity contribution < 1.29 is 0 Å². The van der Waals surface area contributed by atoms with Crippen molar-refractivity contribution in [1.29, 1.82) is 0 Å². The lowest BCUT2D eigenvalue weighted by atomic mass is 9.98. The van der Waals surface area contributed by atoms with E-state index in [1.807, 2.05) is 12.1 Å². The van der Waals surface area contributed by atoms with Crippen LogP contribution in [0.15, 0.2) is 24.3 Å². The number of nitrogens with two attached hydrogens (primary N) is 1. The maximum Gasteiger partial charge on any atom is 0.129 e. The molecule has 3 nitrogen and oxygen atoms in total. The summed E-state index contributed by atoms with van der Waals surface area (Å²) < 4.78 is 2.15. The van der Waals surface area contributed by atoms with Crippen LogP contribution in [0.4, 0.5) is 0 Å². The van der Waals surface area contributed by atoms with Crippen LogP contribution in [0.25, 0.3) is 11.0 Å². The quantitative estimate of drug-likeness (QED) is 0.793. The molecule has 1 aliphatic rings. The number of hydrogen-bond acceptors (Lipinski definition) is 2. The SMILES string of the molecule is Cn1c(C2(N)CCCC2)nc2ccccc21. The van der Waals surface area contributed by atoms with Crippen molar-refractivity contribution >= 4 is 11.0 Å². The average molecular weight is 215 g/mol. The molecule has 0 aliphatic heterocycles. The number of hydrogen-bond donors (Lipinski definition) is 1. The molecular weight excluding hydrogens is 198 g/mol. The van der Waals surface area contributed by atoms with Gasteiger partial charge in [0.25, 0.3) is 0 Å². The molecule has 3 heteroatoms. The zero-order chi connectivity index (χ0) is 11.2. The van der Waals surface area contributed by atoms with E-state index in [2.05, 4.69) is 23.7 Å². The number of imidazole rings is 1. The minimum atomic E-state index is -0.201. The fraction of sp³-hybridized carbons (Fsp3) is 0.462. The van der Waals surface area contributed by atoms with Crippen LogP contribution in [0.5, 0.6) is 0 Å². The highest BCUT2D eigenvalue weighted by Gasteiger charge is 2.35. The van der Waals surface area contributed by atoms with Gasteiger partial charge in [0.05, 0.1) is 16.6 Å². The van der Waals surface area contributed by atoms with E-state index in [1.54, 1.807) is 0 Å². The van der Waals surface area contributed by atoms with Gasteiger partial charge >= 0.3 is 0 Å². The molecule has 1 aromatic carbocycles. The van der Waals surface area contributed by atoms with Crippen LogP contribution in [-0.4, -0.2) is 9.55 Å². The molecule has 0 unspecified atom stereocenters. The Morgan fingerprint density at radius 3 is 2.62 bits per heavy atom. The lowest BCUT2D eigenvalue weighted by Crippen LogP contribution is -2.36. The molecule has 84 valence electrons. The summed E-state index contributed by atoms with van der Waals surface area (Å²) >= 11 is 0. The molecule has 16 heavy (non-hydrogen) atoms. The lowest BCUT2D eigenvalue weighted by molar-refractivity contribution is 0.420. The Labute approximate surface area is 95.3 Å². The van der Waals surface area contributed by atoms with Crippen molar-refractivity contribution in [3.8, 4) is 0 Å². The summed E-state index contributed by atoms with van der Waals surface area (Å²) in [6.07, 6.45) is 4.56. The Hall–Kier alpha value is -1.35. The van der Waals surface area contributed by atoms with Gasteiger partial charge in [0.15, 0.2) is 0 Å². The van der Waals surface area contributed by atoms with Crippen LogP contribution in [0.3, 0.4) is 0 Å². The number of aromatic nitrogens is 2. The largest absolute Gasteiger partial charge is 0.330 e. The van der Waals surface area contributed by atoms with Crippen molar-refractivity contribution in [2.24, 2.45) is 12.8 Å². The highest BCUT2D eigenvalue weighted by atomic mass is 15.1. The van der Waals surface area contributed by atoms with Crippen LogP contribution in [0.2, 0.25) is 0 Å². The van der Waals surface area contributed by atoms with Crippen molar-refractivity contribution in [3.05, 3.63) is 30.1 Å². The third-order valence-electron chi connectivity index (χ3n) is 3.73. The van der Waals surface area contributed by atoms with Crippen molar-refractivity contribution in [2.75, 3.05) is 0 Å². The summed E-state index contributed by atoms with van der Waals surface area (Å²) in [6, 6.07) is 8.23. The highest BCUT2D eigenvalue weighted by molar-refractivity contribution is 5.76. The molecule has 1 heterocycles. The zero-order valence-corrected chi connectivity index (χ0v) is 9.61. The normalized spacial score (nSPS) is 19.4. The van der Waals surface area contributed by atoms with Gasteiger partial charge in [0, 0.05) is 7.05 Å². The first-order chi connectivity index (χ1) is 7.71. The molecule has 0 atom stereocenters. The Balaban J connectivity index is 2.20. The van der Waals surface area contributed by atoms with Gasteiger partial charge in [-0.2, -0.15) is 0 Å². The second-order valence-electron chi connectivity index (χ2n) is 4.85. The number of fused-ring (bicyclic) bond motifs is 1. The molecule has 1 aliphatic carbocycles. The van der Waals surface area contributed by atoms with E-state index in [9.17, 15) is 0 Å². The molecule has 2 aromatic rings. The smallest absolute Gasteiger partial charge is 0.129 e. The molecule has 0 radical (unpaired) electrons. The first-order valence-corrected chi connectivity index (χ1v) is 5.91. The third-order valence-corrected chi connectivity index (χ3v) is 3.73. The molecular formula is C13H17N3. The topological polar surface area (TPSA) is 43.8 Å². The summed E-state index contributed by atoms with van der Waals surface area (Å²) in [6.45, 7) is 0. The molecule has 0 amide bonds. The van der Waals surface area contributed by atoms with Crippen LogP contribution >= 0.6 is 0 Å². The standard InChI is InChI=1S/C13H17N3/c1-16-11-7-3-2-6-10(11)15-12(16)13(14)8-4-5-9-13/h2-3,6-7H,4-5,8-9,14H2,1H3. The van der Waals surface area contributed by atoms with E-state index in [0.29, 0.717) is 0 Å². The van der Waals surface area contributed by atoms with Crippen LogP contribution in [0.1, 0.15) is 31.5 Å². The second-order valence-corrected chi connectivity index (χ2v) is 4.85. The summed E-state index contributed by atoms with van der Waals surface area (Å²) in [5, 5.41) is 0. The average Bonchev–Trinajstić information content (AvgIpc) is 2.86. The van der Waals surface area contributed by atoms with Crippen LogP contribution < -0.4 is 5.73 Å². The summed E-state index contributed by atoms with van der Waals surface area (Å²) in [5.74, 6) is 1.05. The van der Waals surface area contributed by atoms with E-state index < -0.39 is 0 Å². The Bertz CT molecular complexity index is 521. The van der Waals surface area contributed by atoms with Gasteiger partial charge in [-0.1, -0.05) is 25.0 Å². The van der Waals surface area contributed by atoms with Gasteiger partial charge in [0.2, 0.25) is 0 Å². The van der Waals surface area contributed by atoms with Crippen LogP contribution in [-0.2, 0) is 12.6 Å². The van der Waals surface area contributed by atoms with Gasteiger partial charge in [-0.25, -0.2) is 4.98 Å². The van der Waals surface area contributed by atoms with Gasteiger partial charge < -0.3 is 10.3 Å². The van der Waals surface area contributed by atoms with Gasteiger partial charge in [-0.15, -0.1) is 0 Å². The number of aryl methyl sites for hydroxylation is 1. The Morgan fingerprint density at radius 2 is 1.94 bits per heavy atom. The highest BCUT2D eigenvalue weighted by Crippen LogP contribution is 2.36. The predicted molar refractivity (Wildman–Crippen MR) is 65.0 cm³/mol. The molecule has 3 rings (SSSR count). The van der Waals surface area contributed by atoms with E-state index in [0.717, 1.165) is 24.2 Å². The molecule has 0 spiro atoms. The van der Waals surface area contributed by atoms with E-state index in [1.165, 1.54) is 18.4 Å². The van der Waals surface area contributed by atoms with Crippen molar-refractivity contribution in [1.82, 2.24) is 9.55 Å². The number of rotatable bonds is 1. The fourth-order valence-electron chi connectivity index (χ4n) is 2.82. The second kappa shape index (κ2) is 3.32. The van der Waals surface area contributed by atoms with E-state index >= 15 is 0 Å². The van der Waals surface area contributed by atoms with Crippen LogP contribution in [0, 0.1) is 0 Å². The first kappa shape index (κ1) is 9.85. The minimum Gasteiger partial charge on any atom is -0.330 e. The molecule has 2 N–H and O–H groups in total. The van der Waals surface area contributed by atoms with Gasteiger partial charge in [-0.05, 0) is 25.0 Å². The number of benzene rings is 1. The maximum atomic E-state index is 6.46. The monoisotopic (exact) mass is 215 g/mol. The predicted octanol–water partition coefficient (Wildman–Crippen LogP) is 2.30. The lowest BCUT2D eigenvalue weighted by Gasteiger charge is -2.22. The summed E-state index contributed by atoms with van der Waals surface area (Å²) in [4.78, 5) is 4.70. The van der Waals surface area contributed by atoms with Gasteiger partial charge in [0.1, 0.15) is 5.82 Å². The minimum absolute atomic E-state index is 0.201. The van der Waals surface area contributed by atoms with Crippen molar-refractivity contribution in [3.63, 3.8) is 0 Å². The third kappa shape index (κ3) is 1.28. The Kier molecular flexibility index (Phi) is 2.04. The van der Waals surface area contributed by atoms with Gasteiger partial charge in [-0.3, -0.25) is 0 Å². The summed E-state index contributed by atoms with van der Waals surface area (Å²) in [7, 11) is 2.07. The fourth-order valence-corrected chi connectivity index (χ4v) is 2.82. The van der Waals surface area contributed by atoms with E-state index in [4.69, 9.17) is 10.7 Å². The first-order valence-electron chi connectivity index (χ1n) is 5.91. The molecule has 0 bridgehead atoms. The van der Waals surface area contributed by atoms with E-state index in [-0.39, 0.29) is 5.54 Å².